The molecule has 0 heterocycles. The van der Waals surface area contributed by atoms with Gasteiger partial charge in [-0.3, -0.25) is 9.59 Å². The summed E-state index contributed by atoms with van der Waals surface area (Å²) in [6.07, 6.45) is 0. The molecule has 0 bridgehead atoms. The molecule has 1 aromatic rings. The topological polar surface area (TPSA) is 93.5 Å². The third-order valence-electron chi connectivity index (χ3n) is 2.65. The maximum Gasteiger partial charge on any atom is 0.252 e. The molecule has 0 saturated heterocycles. The molecule has 7 heteroatoms. The Hall–Kier alpha value is -1.63. The molecule has 0 spiro atoms. The fourth-order valence-electron chi connectivity index (χ4n) is 1.43. The highest BCUT2D eigenvalue weighted by Gasteiger charge is 2.22. The standard InChI is InChI=1S/C14H20ClN3O3/c1-14(2,16)13(20)18-9-4-5-10(11(15)8-9)12(19)17-6-7-21-3/h4-5,8H,6-7,16H2,1-3H3,(H,17,19)(H,18,20). The Kier molecular flexibility index (Phi) is 6.14. The van der Waals surface area contributed by atoms with Crippen molar-refractivity contribution in [2.45, 2.75) is 19.4 Å². The van der Waals surface area contributed by atoms with Gasteiger partial charge in [0.05, 0.1) is 22.7 Å². The molecule has 0 aliphatic carbocycles. The normalized spacial score (nSPS) is 11.1. The Morgan fingerprint density at radius 3 is 2.57 bits per heavy atom. The average Bonchev–Trinajstić information content (AvgIpc) is 2.37. The van der Waals surface area contributed by atoms with Crippen LogP contribution in [0.1, 0.15) is 24.2 Å². The van der Waals surface area contributed by atoms with Crippen molar-refractivity contribution in [2.24, 2.45) is 5.73 Å². The number of hydrogen-bond donors (Lipinski definition) is 3. The van der Waals surface area contributed by atoms with E-state index < -0.39 is 5.54 Å². The van der Waals surface area contributed by atoms with E-state index >= 15 is 0 Å². The van der Waals surface area contributed by atoms with Crippen LogP contribution < -0.4 is 16.4 Å². The Balaban J connectivity index is 2.76. The summed E-state index contributed by atoms with van der Waals surface area (Å²) in [5.74, 6) is -0.634. The summed E-state index contributed by atoms with van der Waals surface area (Å²) in [6, 6.07) is 4.65. The van der Waals surface area contributed by atoms with Crippen LogP contribution in [-0.4, -0.2) is 37.6 Å². The van der Waals surface area contributed by atoms with Crippen LogP contribution in [-0.2, 0) is 9.53 Å². The van der Waals surface area contributed by atoms with Crippen molar-refractivity contribution in [3.05, 3.63) is 28.8 Å². The van der Waals surface area contributed by atoms with Crippen LogP contribution in [0.4, 0.5) is 5.69 Å². The number of methoxy groups -OCH3 is 1. The molecule has 21 heavy (non-hydrogen) atoms. The van der Waals surface area contributed by atoms with Crippen LogP contribution in [0.3, 0.4) is 0 Å². The van der Waals surface area contributed by atoms with Crippen molar-refractivity contribution in [2.75, 3.05) is 25.6 Å². The molecule has 0 atom stereocenters. The summed E-state index contributed by atoms with van der Waals surface area (Å²) in [5, 5.41) is 5.56. The number of halogens is 1. The van der Waals surface area contributed by atoms with Gasteiger partial charge in [-0.25, -0.2) is 0 Å². The van der Waals surface area contributed by atoms with E-state index in [-0.39, 0.29) is 16.8 Å². The Labute approximate surface area is 129 Å². The van der Waals surface area contributed by atoms with Gasteiger partial charge in [0, 0.05) is 19.3 Å². The number of nitrogens with one attached hydrogen (secondary N) is 2. The lowest BCUT2D eigenvalue weighted by atomic mass is 10.1. The lowest BCUT2D eigenvalue weighted by Crippen LogP contribution is -2.45. The first kappa shape index (κ1) is 17.4. The summed E-state index contributed by atoms with van der Waals surface area (Å²) in [5.41, 5.74) is 5.51. The average molecular weight is 314 g/mol. The predicted molar refractivity (Wildman–Crippen MR) is 82.6 cm³/mol. The van der Waals surface area contributed by atoms with E-state index in [1.807, 2.05) is 0 Å². The molecule has 0 aliphatic rings. The number of ether oxygens (including phenoxy) is 1. The number of rotatable bonds is 6. The van der Waals surface area contributed by atoms with E-state index in [4.69, 9.17) is 22.1 Å². The molecule has 0 unspecified atom stereocenters. The largest absolute Gasteiger partial charge is 0.383 e. The van der Waals surface area contributed by atoms with E-state index in [0.717, 1.165) is 0 Å². The van der Waals surface area contributed by atoms with Gasteiger partial charge < -0.3 is 21.1 Å². The third-order valence-corrected chi connectivity index (χ3v) is 2.96. The minimum Gasteiger partial charge on any atom is -0.383 e. The number of benzene rings is 1. The number of nitrogens with two attached hydrogens (primary N) is 1. The zero-order chi connectivity index (χ0) is 16.0. The summed E-state index contributed by atoms with van der Waals surface area (Å²) >= 11 is 6.06. The van der Waals surface area contributed by atoms with Gasteiger partial charge in [-0.15, -0.1) is 0 Å². The van der Waals surface area contributed by atoms with Crippen molar-refractivity contribution in [1.29, 1.82) is 0 Å². The Morgan fingerprint density at radius 2 is 2.05 bits per heavy atom. The van der Waals surface area contributed by atoms with E-state index in [0.29, 0.717) is 24.4 Å². The van der Waals surface area contributed by atoms with E-state index in [9.17, 15) is 9.59 Å². The van der Waals surface area contributed by atoms with Crippen molar-refractivity contribution >= 4 is 29.1 Å². The molecule has 6 nitrogen and oxygen atoms in total. The zero-order valence-corrected chi connectivity index (χ0v) is 13.1. The molecule has 2 amide bonds. The number of anilines is 1. The fraction of sp³-hybridized carbons (Fsp3) is 0.429. The molecule has 0 saturated carbocycles. The minimum absolute atomic E-state index is 0.248. The highest BCUT2D eigenvalue weighted by Crippen LogP contribution is 2.21. The van der Waals surface area contributed by atoms with Crippen molar-refractivity contribution in [1.82, 2.24) is 5.32 Å². The molecule has 0 radical (unpaired) electrons. The quantitative estimate of drug-likeness (QED) is 0.692. The number of hydrogen-bond acceptors (Lipinski definition) is 4. The van der Waals surface area contributed by atoms with Crippen LogP contribution in [0.15, 0.2) is 18.2 Å². The van der Waals surface area contributed by atoms with Gasteiger partial charge in [-0.05, 0) is 32.0 Å². The maximum atomic E-state index is 11.9. The first-order valence-electron chi connectivity index (χ1n) is 6.42. The number of carbonyl (C=O) groups excluding carboxylic acids is 2. The number of amides is 2. The van der Waals surface area contributed by atoms with Gasteiger partial charge >= 0.3 is 0 Å². The number of carbonyl (C=O) groups is 2. The van der Waals surface area contributed by atoms with Crippen LogP contribution in [0.5, 0.6) is 0 Å². The van der Waals surface area contributed by atoms with Gasteiger partial charge in [0.2, 0.25) is 5.91 Å². The lowest BCUT2D eigenvalue weighted by Gasteiger charge is -2.18. The molecular formula is C14H20ClN3O3. The van der Waals surface area contributed by atoms with Crippen LogP contribution in [0.2, 0.25) is 5.02 Å². The first-order valence-corrected chi connectivity index (χ1v) is 6.80. The van der Waals surface area contributed by atoms with Gasteiger partial charge in [0.15, 0.2) is 0 Å². The van der Waals surface area contributed by atoms with E-state index in [1.54, 1.807) is 33.1 Å². The first-order chi connectivity index (χ1) is 9.75. The highest BCUT2D eigenvalue weighted by atomic mass is 35.5. The highest BCUT2D eigenvalue weighted by molar-refractivity contribution is 6.34. The van der Waals surface area contributed by atoms with E-state index in [2.05, 4.69) is 10.6 Å². The molecule has 1 aromatic carbocycles. The second-order valence-electron chi connectivity index (χ2n) is 5.12. The summed E-state index contributed by atoms with van der Waals surface area (Å²) in [6.45, 7) is 4.01. The second-order valence-corrected chi connectivity index (χ2v) is 5.53. The van der Waals surface area contributed by atoms with Crippen LogP contribution in [0, 0.1) is 0 Å². The van der Waals surface area contributed by atoms with Crippen molar-refractivity contribution in [3.8, 4) is 0 Å². The van der Waals surface area contributed by atoms with Crippen LogP contribution >= 0.6 is 11.6 Å². The Bertz CT molecular complexity index is 527. The zero-order valence-electron chi connectivity index (χ0n) is 12.3. The summed E-state index contributed by atoms with van der Waals surface area (Å²) in [7, 11) is 1.55. The minimum atomic E-state index is -0.997. The smallest absolute Gasteiger partial charge is 0.252 e. The SMILES string of the molecule is COCCNC(=O)c1ccc(NC(=O)C(C)(C)N)cc1Cl. The van der Waals surface area contributed by atoms with Crippen molar-refractivity contribution in [3.63, 3.8) is 0 Å². The predicted octanol–water partition coefficient (Wildman–Crippen LogP) is 1.39. The van der Waals surface area contributed by atoms with Gasteiger partial charge in [-0.2, -0.15) is 0 Å². The molecule has 116 valence electrons. The third kappa shape index (κ3) is 5.34. The monoisotopic (exact) mass is 313 g/mol. The second kappa shape index (κ2) is 7.40. The maximum absolute atomic E-state index is 11.9. The fourth-order valence-corrected chi connectivity index (χ4v) is 1.70. The Morgan fingerprint density at radius 1 is 1.38 bits per heavy atom. The molecule has 4 N–H and O–H groups in total. The molecule has 0 aromatic heterocycles. The van der Waals surface area contributed by atoms with Crippen molar-refractivity contribution < 1.29 is 14.3 Å². The van der Waals surface area contributed by atoms with E-state index in [1.165, 1.54) is 6.07 Å². The molecule has 0 aliphatic heterocycles. The van der Waals surface area contributed by atoms with Gasteiger partial charge in [0.25, 0.3) is 5.91 Å². The summed E-state index contributed by atoms with van der Waals surface area (Å²) < 4.78 is 4.85. The lowest BCUT2D eigenvalue weighted by molar-refractivity contribution is -0.120. The molecule has 0 fully saturated rings. The molecular weight excluding hydrogens is 294 g/mol. The summed E-state index contributed by atoms with van der Waals surface area (Å²) in [4.78, 5) is 23.6. The molecule has 1 rings (SSSR count). The van der Waals surface area contributed by atoms with Gasteiger partial charge in [-0.1, -0.05) is 11.6 Å². The van der Waals surface area contributed by atoms with Crippen LogP contribution in [0.25, 0.3) is 0 Å². The van der Waals surface area contributed by atoms with Gasteiger partial charge in [0.1, 0.15) is 0 Å².